The number of aromatic nitrogens is 2. The van der Waals surface area contributed by atoms with Crippen LogP contribution in [0.5, 0.6) is 11.5 Å². The number of imidazole rings is 1. The third-order valence-corrected chi connectivity index (χ3v) is 4.52. The molecule has 1 atom stereocenters. The second-order valence-corrected chi connectivity index (χ2v) is 6.33. The van der Waals surface area contributed by atoms with Crippen LogP contribution in [0.4, 0.5) is 0 Å². The molecule has 0 radical (unpaired) electrons. The van der Waals surface area contributed by atoms with Crippen LogP contribution in [0.15, 0.2) is 36.4 Å². The van der Waals surface area contributed by atoms with Crippen LogP contribution in [0.25, 0.3) is 11.0 Å². The largest absolute Gasteiger partial charge is 0.493 e. The van der Waals surface area contributed by atoms with E-state index in [0.717, 1.165) is 28.8 Å². The number of rotatable bonds is 6. The summed E-state index contributed by atoms with van der Waals surface area (Å²) in [7, 11) is 3.24. The first-order valence-corrected chi connectivity index (χ1v) is 8.57. The molecule has 0 amide bonds. The maximum Gasteiger partial charge on any atom is 0.163 e. The van der Waals surface area contributed by atoms with Crippen molar-refractivity contribution in [2.75, 3.05) is 14.2 Å². The van der Waals surface area contributed by atoms with Gasteiger partial charge in [0, 0.05) is 23.7 Å². The minimum Gasteiger partial charge on any atom is -0.493 e. The Morgan fingerprint density at radius 1 is 1.16 bits per heavy atom. The van der Waals surface area contributed by atoms with Crippen molar-refractivity contribution in [3.05, 3.63) is 52.8 Å². The van der Waals surface area contributed by atoms with Crippen LogP contribution in [0, 0.1) is 0 Å². The van der Waals surface area contributed by atoms with Crippen LogP contribution >= 0.6 is 11.6 Å². The fraction of sp³-hybridized carbons (Fsp3) is 0.316. The van der Waals surface area contributed by atoms with Gasteiger partial charge in [-0.2, -0.15) is 0 Å². The normalized spacial score (nSPS) is 12.4. The van der Waals surface area contributed by atoms with E-state index in [1.807, 2.05) is 36.4 Å². The van der Waals surface area contributed by atoms with Gasteiger partial charge in [-0.25, -0.2) is 4.98 Å². The molecule has 6 heteroatoms. The summed E-state index contributed by atoms with van der Waals surface area (Å²) in [5.74, 6) is 2.16. The second-order valence-electron chi connectivity index (χ2n) is 5.90. The van der Waals surface area contributed by atoms with E-state index in [1.165, 1.54) is 0 Å². The van der Waals surface area contributed by atoms with Crippen molar-refractivity contribution in [2.24, 2.45) is 5.73 Å². The Hall–Kier alpha value is -2.24. The summed E-state index contributed by atoms with van der Waals surface area (Å²) in [6, 6.07) is 11.5. The zero-order valence-electron chi connectivity index (χ0n) is 14.6. The SMILES string of the molecule is CCC(N)c1nc2cc(OC)c(OC)cc2n1Cc1cccc(Cl)c1. The monoisotopic (exact) mass is 359 g/mol. The fourth-order valence-electron chi connectivity index (χ4n) is 2.92. The number of nitrogens with two attached hydrogens (primary N) is 1. The molecule has 0 saturated carbocycles. The highest BCUT2D eigenvalue weighted by Crippen LogP contribution is 2.34. The molecule has 0 aliphatic heterocycles. The van der Waals surface area contributed by atoms with Gasteiger partial charge in [0.05, 0.1) is 31.3 Å². The van der Waals surface area contributed by atoms with Crippen molar-refractivity contribution in [3.63, 3.8) is 0 Å². The lowest BCUT2D eigenvalue weighted by atomic mass is 10.2. The van der Waals surface area contributed by atoms with Gasteiger partial charge in [0.2, 0.25) is 0 Å². The predicted octanol–water partition coefficient (Wildman–Crippen LogP) is 4.17. The maximum absolute atomic E-state index is 6.31. The van der Waals surface area contributed by atoms with Crippen LogP contribution in [0.3, 0.4) is 0 Å². The summed E-state index contributed by atoms with van der Waals surface area (Å²) in [6.07, 6.45) is 0.799. The molecule has 5 nitrogen and oxygen atoms in total. The van der Waals surface area contributed by atoms with E-state index in [9.17, 15) is 0 Å². The first kappa shape index (κ1) is 17.6. The highest BCUT2D eigenvalue weighted by Gasteiger charge is 2.19. The number of nitrogens with zero attached hydrogens (tertiary/aromatic N) is 2. The summed E-state index contributed by atoms with van der Waals surface area (Å²) >= 11 is 6.13. The molecule has 0 spiro atoms. The molecule has 1 heterocycles. The predicted molar refractivity (Wildman–Crippen MR) is 101 cm³/mol. The molecule has 25 heavy (non-hydrogen) atoms. The van der Waals surface area contributed by atoms with Crippen LogP contribution in [0.1, 0.15) is 30.8 Å². The van der Waals surface area contributed by atoms with Gasteiger partial charge in [0.15, 0.2) is 11.5 Å². The zero-order chi connectivity index (χ0) is 18.0. The van der Waals surface area contributed by atoms with E-state index in [-0.39, 0.29) is 6.04 Å². The van der Waals surface area contributed by atoms with Gasteiger partial charge in [0.1, 0.15) is 5.82 Å². The minimum absolute atomic E-state index is 0.149. The van der Waals surface area contributed by atoms with Crippen molar-refractivity contribution in [1.29, 1.82) is 0 Å². The van der Waals surface area contributed by atoms with E-state index in [0.29, 0.717) is 23.1 Å². The molecular formula is C19H22ClN3O2. The van der Waals surface area contributed by atoms with Crippen LogP contribution in [-0.4, -0.2) is 23.8 Å². The summed E-state index contributed by atoms with van der Waals surface area (Å²) in [5.41, 5.74) is 9.19. The standard InChI is InChI=1S/C19H22ClN3O2/c1-4-14(21)19-22-15-9-17(24-2)18(25-3)10-16(15)23(19)11-12-6-5-7-13(20)8-12/h5-10,14H,4,11,21H2,1-3H3. The second kappa shape index (κ2) is 7.33. The van der Waals surface area contributed by atoms with Crippen LogP contribution in [0.2, 0.25) is 5.02 Å². The van der Waals surface area contributed by atoms with E-state index < -0.39 is 0 Å². The third-order valence-electron chi connectivity index (χ3n) is 4.28. The Kier molecular flexibility index (Phi) is 5.16. The van der Waals surface area contributed by atoms with Gasteiger partial charge in [-0.3, -0.25) is 0 Å². The number of fused-ring (bicyclic) bond motifs is 1. The van der Waals surface area contributed by atoms with Crippen molar-refractivity contribution < 1.29 is 9.47 Å². The van der Waals surface area contributed by atoms with Crippen molar-refractivity contribution >= 4 is 22.6 Å². The minimum atomic E-state index is -0.149. The van der Waals surface area contributed by atoms with Gasteiger partial charge in [0.25, 0.3) is 0 Å². The first-order chi connectivity index (χ1) is 12.1. The molecule has 0 bridgehead atoms. The molecule has 1 unspecified atom stereocenters. The number of methoxy groups -OCH3 is 2. The molecule has 132 valence electrons. The van der Waals surface area contributed by atoms with E-state index in [1.54, 1.807) is 14.2 Å². The molecule has 0 aliphatic rings. The Morgan fingerprint density at radius 2 is 1.88 bits per heavy atom. The third kappa shape index (κ3) is 3.43. The Balaban J connectivity index is 2.18. The lowest BCUT2D eigenvalue weighted by molar-refractivity contribution is 0.355. The number of hydrogen-bond donors (Lipinski definition) is 1. The number of ether oxygens (including phenoxy) is 2. The summed E-state index contributed by atoms with van der Waals surface area (Å²) in [6.45, 7) is 2.69. The Labute approximate surface area is 152 Å². The van der Waals surface area contributed by atoms with Crippen molar-refractivity contribution in [1.82, 2.24) is 9.55 Å². The molecule has 3 aromatic rings. The lowest BCUT2D eigenvalue weighted by Crippen LogP contribution is -2.16. The molecule has 0 fully saturated rings. The smallest absolute Gasteiger partial charge is 0.163 e. The van der Waals surface area contributed by atoms with E-state index in [2.05, 4.69) is 11.5 Å². The molecule has 2 N–H and O–H groups in total. The van der Waals surface area contributed by atoms with Gasteiger partial charge >= 0.3 is 0 Å². The Morgan fingerprint density at radius 3 is 2.52 bits per heavy atom. The molecule has 3 rings (SSSR count). The Bertz CT molecular complexity index is 892. The summed E-state index contributed by atoms with van der Waals surface area (Å²) < 4.78 is 13.0. The quantitative estimate of drug-likeness (QED) is 0.717. The molecule has 2 aromatic carbocycles. The molecule has 0 aliphatic carbocycles. The molecular weight excluding hydrogens is 338 g/mol. The summed E-state index contributed by atoms with van der Waals surface area (Å²) in [5, 5.41) is 0.711. The van der Waals surface area contributed by atoms with Gasteiger partial charge < -0.3 is 19.8 Å². The van der Waals surface area contributed by atoms with Crippen molar-refractivity contribution in [3.8, 4) is 11.5 Å². The number of benzene rings is 2. The van der Waals surface area contributed by atoms with Crippen LogP contribution < -0.4 is 15.2 Å². The highest BCUT2D eigenvalue weighted by atomic mass is 35.5. The van der Waals surface area contributed by atoms with Gasteiger partial charge in [-0.05, 0) is 24.1 Å². The first-order valence-electron chi connectivity index (χ1n) is 8.19. The maximum atomic E-state index is 6.31. The average Bonchev–Trinajstić information content (AvgIpc) is 2.97. The molecule has 1 aromatic heterocycles. The fourth-order valence-corrected chi connectivity index (χ4v) is 3.13. The topological polar surface area (TPSA) is 62.3 Å². The van der Waals surface area contributed by atoms with E-state index in [4.69, 9.17) is 31.8 Å². The zero-order valence-corrected chi connectivity index (χ0v) is 15.4. The van der Waals surface area contributed by atoms with Crippen LogP contribution in [-0.2, 0) is 6.54 Å². The van der Waals surface area contributed by atoms with Gasteiger partial charge in [-0.1, -0.05) is 30.7 Å². The summed E-state index contributed by atoms with van der Waals surface area (Å²) in [4.78, 5) is 4.76. The number of hydrogen-bond acceptors (Lipinski definition) is 4. The highest BCUT2D eigenvalue weighted by molar-refractivity contribution is 6.30. The number of halogens is 1. The van der Waals surface area contributed by atoms with Gasteiger partial charge in [-0.15, -0.1) is 0 Å². The van der Waals surface area contributed by atoms with E-state index >= 15 is 0 Å². The lowest BCUT2D eigenvalue weighted by Gasteiger charge is -2.14. The van der Waals surface area contributed by atoms with Crippen molar-refractivity contribution in [2.45, 2.75) is 25.9 Å². The average molecular weight is 360 g/mol. The molecule has 0 saturated heterocycles.